The topological polar surface area (TPSA) is 64.2 Å². The van der Waals surface area contributed by atoms with Crippen LogP contribution in [0.25, 0.3) is 5.57 Å². The summed E-state index contributed by atoms with van der Waals surface area (Å²) >= 11 is 0. The molecule has 21 heavy (non-hydrogen) atoms. The molecule has 0 amide bonds. The number of halogens is 3. The molecule has 1 heterocycles. The molecule has 0 fully saturated rings. The molecule has 0 bridgehead atoms. The van der Waals surface area contributed by atoms with Gasteiger partial charge in [-0.1, -0.05) is 6.92 Å². The maximum absolute atomic E-state index is 13.0. The predicted molar refractivity (Wildman–Crippen MR) is 76.8 cm³/mol. The van der Waals surface area contributed by atoms with Crippen LogP contribution in [0.1, 0.15) is 44.3 Å². The third-order valence-corrected chi connectivity index (χ3v) is 3.09. The van der Waals surface area contributed by atoms with Crippen molar-refractivity contribution >= 4 is 11.8 Å². The summed E-state index contributed by atoms with van der Waals surface area (Å²) in [7, 11) is 0. The average molecular weight is 300 g/mol. The molecule has 1 rings (SSSR count). The van der Waals surface area contributed by atoms with Gasteiger partial charge in [-0.2, -0.15) is 13.2 Å². The van der Waals surface area contributed by atoms with Gasteiger partial charge in [-0.3, -0.25) is 4.99 Å². The van der Waals surface area contributed by atoms with Gasteiger partial charge >= 0.3 is 6.18 Å². The Bertz CT molecular complexity index is 560. The van der Waals surface area contributed by atoms with Gasteiger partial charge in [0.25, 0.3) is 0 Å². The number of allylic oxidation sites excluding steroid dienone is 1. The Hall–Kier alpha value is -1.92. The molecule has 1 aromatic heterocycles. The van der Waals surface area contributed by atoms with Gasteiger partial charge in [-0.15, -0.1) is 0 Å². The lowest BCUT2D eigenvalue weighted by Crippen LogP contribution is -2.16. The first-order valence-electron chi connectivity index (χ1n) is 6.49. The van der Waals surface area contributed by atoms with Crippen LogP contribution in [-0.2, 0) is 6.18 Å². The Morgan fingerprint density at radius 3 is 2.48 bits per heavy atom. The van der Waals surface area contributed by atoms with E-state index in [1.807, 2.05) is 20.8 Å². The largest absolute Gasteiger partial charge is 0.419 e. The van der Waals surface area contributed by atoms with Gasteiger partial charge in [-0.25, -0.2) is 9.97 Å². The molecular weight excluding hydrogens is 281 g/mol. The number of aromatic nitrogens is 2. The van der Waals surface area contributed by atoms with Crippen LogP contribution in [0.5, 0.6) is 0 Å². The van der Waals surface area contributed by atoms with E-state index in [-0.39, 0.29) is 22.6 Å². The Labute approximate surface area is 122 Å². The first-order chi connectivity index (χ1) is 9.60. The van der Waals surface area contributed by atoms with Crippen molar-refractivity contribution in [3.05, 3.63) is 29.5 Å². The molecule has 0 radical (unpaired) electrons. The van der Waals surface area contributed by atoms with Crippen molar-refractivity contribution in [2.45, 2.75) is 45.8 Å². The minimum Gasteiger partial charge on any atom is -0.404 e. The lowest BCUT2D eigenvalue weighted by Gasteiger charge is -2.17. The van der Waals surface area contributed by atoms with E-state index in [2.05, 4.69) is 15.0 Å². The third-order valence-electron chi connectivity index (χ3n) is 3.09. The zero-order chi connectivity index (χ0) is 16.3. The summed E-state index contributed by atoms with van der Waals surface area (Å²) in [6.45, 7) is 7.23. The molecule has 0 aliphatic carbocycles. The van der Waals surface area contributed by atoms with E-state index in [1.54, 1.807) is 0 Å². The Morgan fingerprint density at radius 2 is 2.00 bits per heavy atom. The van der Waals surface area contributed by atoms with Gasteiger partial charge < -0.3 is 5.73 Å². The molecule has 4 nitrogen and oxygen atoms in total. The first kappa shape index (κ1) is 17.1. The van der Waals surface area contributed by atoms with Crippen LogP contribution in [0.4, 0.5) is 13.2 Å². The number of nitrogens with zero attached hydrogens (tertiary/aromatic N) is 3. The first-order valence-corrected chi connectivity index (χ1v) is 6.49. The van der Waals surface area contributed by atoms with Crippen molar-refractivity contribution in [1.29, 1.82) is 0 Å². The molecule has 0 saturated carbocycles. The van der Waals surface area contributed by atoms with E-state index in [4.69, 9.17) is 5.73 Å². The fraction of sp³-hybridized carbons (Fsp3) is 0.500. The molecule has 0 aliphatic heterocycles. The molecule has 0 aromatic carbocycles. The van der Waals surface area contributed by atoms with Crippen LogP contribution < -0.4 is 5.73 Å². The predicted octanol–water partition coefficient (Wildman–Crippen LogP) is 3.36. The van der Waals surface area contributed by atoms with Crippen LogP contribution in [-0.4, -0.2) is 21.7 Å². The Balaban J connectivity index is 3.33. The summed E-state index contributed by atoms with van der Waals surface area (Å²) in [5.74, 6) is 0.237. The van der Waals surface area contributed by atoms with E-state index in [9.17, 15) is 13.2 Å². The van der Waals surface area contributed by atoms with Crippen molar-refractivity contribution < 1.29 is 13.2 Å². The van der Waals surface area contributed by atoms with Crippen molar-refractivity contribution in [2.75, 3.05) is 0 Å². The highest BCUT2D eigenvalue weighted by molar-refractivity contribution is 6.09. The molecule has 116 valence electrons. The van der Waals surface area contributed by atoms with Crippen molar-refractivity contribution in [2.24, 2.45) is 10.7 Å². The molecule has 0 aliphatic rings. The van der Waals surface area contributed by atoms with Crippen LogP contribution in [0.15, 0.2) is 17.4 Å². The quantitative estimate of drug-likeness (QED) is 0.867. The zero-order valence-corrected chi connectivity index (χ0v) is 12.5. The SMILES string of the molecule is CCC(C)(C)N=CC(=CN)c1nc(C)ncc1C(F)(F)F. The molecule has 0 spiro atoms. The van der Waals surface area contributed by atoms with Gasteiger partial charge in [-0.05, 0) is 27.2 Å². The minimum absolute atomic E-state index is 0.120. The molecule has 0 unspecified atom stereocenters. The van der Waals surface area contributed by atoms with Gasteiger partial charge in [0.15, 0.2) is 0 Å². The number of aryl methyl sites for hydroxylation is 1. The van der Waals surface area contributed by atoms with E-state index in [0.717, 1.165) is 18.8 Å². The molecular formula is C14H19F3N4. The summed E-state index contributed by atoms with van der Waals surface area (Å²) in [6.07, 6.45) is -0.631. The summed E-state index contributed by atoms with van der Waals surface area (Å²) in [5.41, 5.74) is 4.01. The number of aliphatic imine (C=N–C) groups is 1. The van der Waals surface area contributed by atoms with Crippen LogP contribution in [0, 0.1) is 6.92 Å². The lowest BCUT2D eigenvalue weighted by molar-refractivity contribution is -0.138. The number of hydrogen-bond donors (Lipinski definition) is 1. The van der Waals surface area contributed by atoms with Gasteiger partial charge in [0.2, 0.25) is 0 Å². The van der Waals surface area contributed by atoms with Crippen molar-refractivity contribution in [3.8, 4) is 0 Å². The maximum Gasteiger partial charge on any atom is 0.419 e. The van der Waals surface area contributed by atoms with Gasteiger partial charge in [0, 0.05) is 24.2 Å². The second kappa shape index (κ2) is 6.24. The fourth-order valence-electron chi connectivity index (χ4n) is 1.42. The number of alkyl halides is 3. The average Bonchev–Trinajstić information content (AvgIpc) is 2.38. The van der Waals surface area contributed by atoms with Gasteiger partial charge in [0.05, 0.1) is 11.2 Å². The summed E-state index contributed by atoms with van der Waals surface area (Å²) in [4.78, 5) is 11.7. The number of nitrogens with two attached hydrogens (primary N) is 1. The summed E-state index contributed by atoms with van der Waals surface area (Å²) < 4.78 is 39.1. The number of hydrogen-bond acceptors (Lipinski definition) is 4. The highest BCUT2D eigenvalue weighted by Crippen LogP contribution is 2.33. The van der Waals surface area contributed by atoms with E-state index in [1.165, 1.54) is 13.1 Å². The molecule has 1 aromatic rings. The van der Waals surface area contributed by atoms with Crippen molar-refractivity contribution in [3.63, 3.8) is 0 Å². The minimum atomic E-state index is -4.55. The molecule has 7 heteroatoms. The lowest BCUT2D eigenvalue weighted by atomic mass is 10.0. The second-order valence-electron chi connectivity index (χ2n) is 5.22. The molecule has 0 saturated heterocycles. The summed E-state index contributed by atoms with van der Waals surface area (Å²) in [6, 6.07) is 0. The Morgan fingerprint density at radius 1 is 1.38 bits per heavy atom. The smallest absolute Gasteiger partial charge is 0.404 e. The van der Waals surface area contributed by atoms with E-state index >= 15 is 0 Å². The van der Waals surface area contributed by atoms with Gasteiger partial charge in [0.1, 0.15) is 11.4 Å². The van der Waals surface area contributed by atoms with E-state index < -0.39 is 11.7 Å². The van der Waals surface area contributed by atoms with Crippen molar-refractivity contribution in [1.82, 2.24) is 9.97 Å². The Kier molecular flexibility index (Phi) is 5.09. The number of rotatable bonds is 4. The standard InChI is InChI=1S/C14H19F3N4/c1-5-13(3,4)20-7-10(6-18)12-11(14(15,16)17)8-19-9(2)21-12/h6-8H,5,18H2,1-4H3. The third kappa shape index (κ3) is 4.54. The summed E-state index contributed by atoms with van der Waals surface area (Å²) in [5, 5.41) is 0. The highest BCUT2D eigenvalue weighted by atomic mass is 19.4. The monoisotopic (exact) mass is 300 g/mol. The second-order valence-corrected chi connectivity index (χ2v) is 5.22. The van der Waals surface area contributed by atoms with Crippen LogP contribution in [0.2, 0.25) is 0 Å². The van der Waals surface area contributed by atoms with E-state index in [0.29, 0.717) is 0 Å². The highest BCUT2D eigenvalue weighted by Gasteiger charge is 2.35. The normalized spacial score (nSPS) is 14.0. The fourth-order valence-corrected chi connectivity index (χ4v) is 1.42. The van der Waals surface area contributed by atoms with Crippen LogP contribution in [0.3, 0.4) is 0 Å². The molecule has 2 N–H and O–H groups in total. The maximum atomic E-state index is 13.0. The van der Waals surface area contributed by atoms with Crippen LogP contribution >= 0.6 is 0 Å². The molecule has 0 atom stereocenters. The zero-order valence-electron chi connectivity index (χ0n) is 12.5.